The summed E-state index contributed by atoms with van der Waals surface area (Å²) in [6, 6.07) is 0. The van der Waals surface area contributed by atoms with E-state index in [1.807, 2.05) is 19.1 Å². The molecular formula is C22H34O4. The van der Waals surface area contributed by atoms with Crippen LogP contribution in [-0.4, -0.2) is 24.1 Å². The van der Waals surface area contributed by atoms with E-state index >= 15 is 0 Å². The average Bonchev–Trinajstić information content (AvgIpc) is 2.96. The molecule has 0 aromatic carbocycles. The molecule has 0 N–H and O–H groups in total. The number of hydrogen-bond acceptors (Lipinski definition) is 4. The summed E-state index contributed by atoms with van der Waals surface area (Å²) in [6.07, 6.45) is 16.0. The molecule has 0 heterocycles. The van der Waals surface area contributed by atoms with E-state index < -0.39 is 0 Å². The van der Waals surface area contributed by atoms with Gasteiger partial charge in [0.25, 0.3) is 0 Å². The van der Waals surface area contributed by atoms with Crippen LogP contribution in [0.25, 0.3) is 0 Å². The summed E-state index contributed by atoms with van der Waals surface area (Å²) in [6.45, 7) is 4.37. The lowest BCUT2D eigenvalue weighted by Gasteiger charge is -2.14. The van der Waals surface area contributed by atoms with Crippen molar-refractivity contribution in [1.29, 1.82) is 0 Å². The molecule has 0 aromatic heterocycles. The monoisotopic (exact) mass is 362 g/mol. The van der Waals surface area contributed by atoms with E-state index in [4.69, 9.17) is 4.74 Å². The zero-order chi connectivity index (χ0) is 19.2. The van der Waals surface area contributed by atoms with Crippen molar-refractivity contribution in [2.75, 3.05) is 6.61 Å². The van der Waals surface area contributed by atoms with E-state index in [1.54, 1.807) is 12.2 Å². The van der Waals surface area contributed by atoms with Crippen molar-refractivity contribution >= 4 is 17.5 Å². The maximum absolute atomic E-state index is 12.1. The molecule has 0 saturated heterocycles. The quantitative estimate of drug-likeness (QED) is 0.249. The van der Waals surface area contributed by atoms with Crippen LogP contribution >= 0.6 is 0 Å². The van der Waals surface area contributed by atoms with Gasteiger partial charge in [-0.1, -0.05) is 51.2 Å². The van der Waals surface area contributed by atoms with Crippen LogP contribution in [0.5, 0.6) is 0 Å². The number of carbonyl (C=O) groups is 3. The SMILES string of the molecule is CCCCCC(=O)C=C[C@H]1C=CC(=O)[C@H]1CCCCCCC(=O)OCC. The van der Waals surface area contributed by atoms with E-state index in [2.05, 4.69) is 6.92 Å². The maximum Gasteiger partial charge on any atom is 0.305 e. The van der Waals surface area contributed by atoms with Gasteiger partial charge < -0.3 is 4.74 Å². The van der Waals surface area contributed by atoms with E-state index in [0.717, 1.165) is 51.4 Å². The zero-order valence-electron chi connectivity index (χ0n) is 16.4. The standard InChI is InChI=1S/C22H34O4/c1-3-5-8-11-19(23)16-14-18-15-17-21(24)20(18)12-9-6-7-10-13-22(25)26-4-2/h14-18,20H,3-13H2,1-2H3/t18-,20-/m0/s1. The fraction of sp³-hybridized carbons (Fsp3) is 0.682. The number of carbonyl (C=O) groups excluding carboxylic acids is 3. The highest BCUT2D eigenvalue weighted by molar-refractivity contribution is 5.95. The Morgan fingerprint density at radius 2 is 1.77 bits per heavy atom. The molecule has 0 bridgehead atoms. The lowest BCUT2D eigenvalue weighted by molar-refractivity contribution is -0.143. The van der Waals surface area contributed by atoms with Crippen molar-refractivity contribution in [3.8, 4) is 0 Å². The molecule has 0 aromatic rings. The summed E-state index contributed by atoms with van der Waals surface area (Å²) in [5.41, 5.74) is 0. The minimum Gasteiger partial charge on any atom is -0.466 e. The molecule has 26 heavy (non-hydrogen) atoms. The molecule has 1 aliphatic rings. The Balaban J connectivity index is 2.26. The summed E-state index contributed by atoms with van der Waals surface area (Å²) in [5, 5.41) is 0. The summed E-state index contributed by atoms with van der Waals surface area (Å²) in [4.78, 5) is 35.2. The minimum atomic E-state index is -0.128. The molecule has 0 saturated carbocycles. The van der Waals surface area contributed by atoms with Crippen LogP contribution in [0.2, 0.25) is 0 Å². The summed E-state index contributed by atoms with van der Waals surface area (Å²) in [7, 11) is 0. The van der Waals surface area contributed by atoms with Crippen molar-refractivity contribution in [2.45, 2.75) is 78.1 Å². The van der Waals surface area contributed by atoms with Gasteiger partial charge in [-0.15, -0.1) is 0 Å². The van der Waals surface area contributed by atoms with Gasteiger partial charge in [-0.25, -0.2) is 0 Å². The molecular weight excluding hydrogens is 328 g/mol. The van der Waals surface area contributed by atoms with E-state index in [-0.39, 0.29) is 29.4 Å². The molecule has 0 spiro atoms. The van der Waals surface area contributed by atoms with Crippen LogP contribution in [0.3, 0.4) is 0 Å². The molecule has 0 aliphatic heterocycles. The summed E-state index contributed by atoms with van der Waals surface area (Å²) < 4.78 is 4.91. The first-order chi connectivity index (χ1) is 12.6. The Bertz CT molecular complexity index is 504. The smallest absolute Gasteiger partial charge is 0.305 e. The fourth-order valence-corrected chi connectivity index (χ4v) is 3.26. The number of ether oxygens (including phenoxy) is 1. The highest BCUT2D eigenvalue weighted by Crippen LogP contribution is 2.28. The molecule has 4 nitrogen and oxygen atoms in total. The number of rotatable bonds is 14. The van der Waals surface area contributed by atoms with Crippen LogP contribution in [0.4, 0.5) is 0 Å². The third kappa shape index (κ3) is 9.12. The summed E-state index contributed by atoms with van der Waals surface area (Å²) >= 11 is 0. The molecule has 0 fully saturated rings. The Hall–Kier alpha value is -1.71. The van der Waals surface area contributed by atoms with Gasteiger partial charge in [0.1, 0.15) is 0 Å². The third-order valence-corrected chi connectivity index (χ3v) is 4.80. The second kappa shape index (κ2) is 13.5. The van der Waals surface area contributed by atoms with E-state index in [0.29, 0.717) is 19.4 Å². The van der Waals surface area contributed by atoms with Crippen molar-refractivity contribution in [2.24, 2.45) is 11.8 Å². The maximum atomic E-state index is 12.1. The van der Waals surface area contributed by atoms with Crippen LogP contribution < -0.4 is 0 Å². The van der Waals surface area contributed by atoms with Crippen LogP contribution in [0.1, 0.15) is 78.1 Å². The third-order valence-electron chi connectivity index (χ3n) is 4.80. The molecule has 0 radical (unpaired) electrons. The van der Waals surface area contributed by atoms with Crippen LogP contribution in [0, 0.1) is 11.8 Å². The predicted octanol–water partition coefficient (Wildman–Crippen LogP) is 4.97. The van der Waals surface area contributed by atoms with Crippen LogP contribution in [-0.2, 0) is 19.1 Å². The van der Waals surface area contributed by atoms with Gasteiger partial charge in [-0.05, 0) is 38.3 Å². The zero-order valence-corrected chi connectivity index (χ0v) is 16.4. The first-order valence-corrected chi connectivity index (χ1v) is 10.2. The van der Waals surface area contributed by atoms with E-state index in [1.165, 1.54) is 0 Å². The lowest BCUT2D eigenvalue weighted by atomic mass is 9.88. The van der Waals surface area contributed by atoms with Crippen molar-refractivity contribution in [3.63, 3.8) is 0 Å². The first-order valence-electron chi connectivity index (χ1n) is 10.2. The number of allylic oxidation sites excluding steroid dienone is 4. The van der Waals surface area contributed by atoms with Gasteiger partial charge in [0, 0.05) is 24.7 Å². The molecule has 4 heteroatoms. The second-order valence-corrected chi connectivity index (χ2v) is 6.99. The van der Waals surface area contributed by atoms with Gasteiger partial charge >= 0.3 is 5.97 Å². The van der Waals surface area contributed by atoms with Crippen molar-refractivity contribution < 1.29 is 19.1 Å². The van der Waals surface area contributed by atoms with Crippen molar-refractivity contribution in [3.05, 3.63) is 24.3 Å². The van der Waals surface area contributed by atoms with Gasteiger partial charge in [-0.2, -0.15) is 0 Å². The highest BCUT2D eigenvalue weighted by atomic mass is 16.5. The first kappa shape index (κ1) is 22.3. The minimum absolute atomic E-state index is 0.0280. The Labute approximate surface area is 158 Å². The molecule has 1 aliphatic carbocycles. The van der Waals surface area contributed by atoms with Gasteiger partial charge in [0.05, 0.1) is 6.61 Å². The molecule has 2 atom stereocenters. The normalized spacial score (nSPS) is 19.4. The van der Waals surface area contributed by atoms with Gasteiger partial charge in [0.15, 0.2) is 11.6 Å². The van der Waals surface area contributed by atoms with Gasteiger partial charge in [-0.3, -0.25) is 14.4 Å². The molecule has 1 rings (SSSR count). The Morgan fingerprint density at radius 1 is 1.04 bits per heavy atom. The number of hydrogen-bond donors (Lipinski definition) is 0. The summed E-state index contributed by atoms with van der Waals surface area (Å²) in [5.74, 6) is 0.224. The predicted molar refractivity (Wildman–Crippen MR) is 104 cm³/mol. The molecule has 0 unspecified atom stereocenters. The highest BCUT2D eigenvalue weighted by Gasteiger charge is 2.27. The topological polar surface area (TPSA) is 60.4 Å². The van der Waals surface area contributed by atoms with Crippen molar-refractivity contribution in [1.82, 2.24) is 0 Å². The van der Waals surface area contributed by atoms with Crippen LogP contribution in [0.15, 0.2) is 24.3 Å². The average molecular weight is 363 g/mol. The Kier molecular flexibility index (Phi) is 11.6. The Morgan fingerprint density at radius 3 is 2.50 bits per heavy atom. The number of ketones is 2. The molecule has 146 valence electrons. The number of unbranched alkanes of at least 4 members (excludes halogenated alkanes) is 5. The lowest BCUT2D eigenvalue weighted by Crippen LogP contribution is -2.14. The fourth-order valence-electron chi connectivity index (χ4n) is 3.26. The molecule has 0 amide bonds. The van der Waals surface area contributed by atoms with E-state index in [9.17, 15) is 14.4 Å². The largest absolute Gasteiger partial charge is 0.466 e. The number of esters is 1. The van der Waals surface area contributed by atoms with Gasteiger partial charge in [0.2, 0.25) is 0 Å². The second-order valence-electron chi connectivity index (χ2n) is 6.99.